The van der Waals surface area contributed by atoms with E-state index < -0.39 is 5.41 Å². The van der Waals surface area contributed by atoms with E-state index in [1.54, 1.807) is 0 Å². The fourth-order valence-corrected chi connectivity index (χ4v) is 9.38. The average Bonchev–Trinajstić information content (AvgIpc) is 3.67. The molecule has 3 heteroatoms. The number of nitrogens with zero attached hydrogens (tertiary/aromatic N) is 3. The van der Waals surface area contributed by atoms with Gasteiger partial charge in [0.05, 0.1) is 28.4 Å². The van der Waals surface area contributed by atoms with Crippen LogP contribution in [-0.2, 0) is 5.41 Å². The SMILES string of the molecule is N#Cc1ccc2c(c1)C(c1ccccc1)(c1ccccc1)c1cc(-c3cccc(-c4nc(-c5ccc(-c6ccccc6)cc5)cc(-c5ccc(-c6ccccc6)cc5)n4)c3)ccc1-2. The van der Waals surface area contributed by atoms with E-state index >= 15 is 0 Å². The van der Waals surface area contributed by atoms with Crippen molar-refractivity contribution in [2.75, 3.05) is 0 Å². The fraction of sp³-hybridized carbons (Fsp3) is 0.0167. The lowest BCUT2D eigenvalue weighted by Crippen LogP contribution is -2.28. The maximum atomic E-state index is 10.1. The van der Waals surface area contributed by atoms with Gasteiger partial charge in [0.2, 0.25) is 0 Å². The predicted molar refractivity (Wildman–Crippen MR) is 257 cm³/mol. The monoisotopic (exact) mass is 801 g/mol. The molecule has 3 nitrogen and oxygen atoms in total. The van der Waals surface area contributed by atoms with Crippen LogP contribution in [-0.4, -0.2) is 9.97 Å². The largest absolute Gasteiger partial charge is 0.228 e. The van der Waals surface area contributed by atoms with Crippen molar-refractivity contribution in [2.24, 2.45) is 0 Å². The van der Waals surface area contributed by atoms with Crippen LogP contribution in [0.2, 0.25) is 0 Å². The highest BCUT2D eigenvalue weighted by molar-refractivity contribution is 5.89. The zero-order chi connectivity index (χ0) is 42.2. The molecule has 11 rings (SSSR count). The molecule has 1 aromatic heterocycles. The van der Waals surface area contributed by atoms with E-state index in [-0.39, 0.29) is 0 Å². The van der Waals surface area contributed by atoms with Crippen molar-refractivity contribution in [1.82, 2.24) is 9.97 Å². The highest BCUT2D eigenvalue weighted by Gasteiger charge is 2.46. The lowest BCUT2D eigenvalue weighted by atomic mass is 9.67. The van der Waals surface area contributed by atoms with Crippen molar-refractivity contribution in [3.05, 3.63) is 264 Å². The lowest BCUT2D eigenvalue weighted by Gasteiger charge is -2.34. The second kappa shape index (κ2) is 15.9. The van der Waals surface area contributed by atoms with Gasteiger partial charge in [-0.05, 0) is 97.1 Å². The molecule has 0 aliphatic heterocycles. The van der Waals surface area contributed by atoms with Crippen LogP contribution < -0.4 is 0 Å². The second-order valence-corrected chi connectivity index (χ2v) is 16.0. The van der Waals surface area contributed by atoms with E-state index in [1.807, 2.05) is 18.2 Å². The molecular weight excluding hydrogens is 763 g/mol. The second-order valence-electron chi connectivity index (χ2n) is 16.0. The van der Waals surface area contributed by atoms with Gasteiger partial charge in [0, 0.05) is 16.7 Å². The molecule has 1 heterocycles. The van der Waals surface area contributed by atoms with Gasteiger partial charge in [-0.2, -0.15) is 5.26 Å². The Balaban J connectivity index is 1.04. The van der Waals surface area contributed by atoms with Crippen molar-refractivity contribution in [2.45, 2.75) is 5.41 Å². The fourth-order valence-electron chi connectivity index (χ4n) is 9.38. The summed E-state index contributed by atoms with van der Waals surface area (Å²) in [7, 11) is 0. The third kappa shape index (κ3) is 6.72. The Bertz CT molecular complexity index is 3160. The van der Waals surface area contributed by atoms with Gasteiger partial charge >= 0.3 is 0 Å². The Hall–Kier alpha value is -8.45. The number of hydrogen-bond acceptors (Lipinski definition) is 3. The number of nitriles is 1. The van der Waals surface area contributed by atoms with Crippen LogP contribution in [0.1, 0.15) is 27.8 Å². The van der Waals surface area contributed by atoms with Crippen LogP contribution in [0.25, 0.3) is 78.4 Å². The molecule has 0 radical (unpaired) electrons. The number of aromatic nitrogens is 2. The molecule has 0 N–H and O–H groups in total. The Morgan fingerprint density at radius 3 is 1.24 bits per heavy atom. The first kappa shape index (κ1) is 37.5. The number of fused-ring (bicyclic) bond motifs is 3. The topological polar surface area (TPSA) is 49.6 Å². The van der Waals surface area contributed by atoms with E-state index in [1.165, 1.54) is 22.3 Å². The summed E-state index contributed by atoms with van der Waals surface area (Å²) in [5, 5.41) is 10.1. The van der Waals surface area contributed by atoms with Crippen molar-refractivity contribution < 1.29 is 0 Å². The van der Waals surface area contributed by atoms with Gasteiger partial charge in [0.1, 0.15) is 0 Å². The summed E-state index contributed by atoms with van der Waals surface area (Å²) in [6.45, 7) is 0. The summed E-state index contributed by atoms with van der Waals surface area (Å²) in [6, 6.07) is 85.7. The normalized spacial score (nSPS) is 12.2. The molecule has 1 aliphatic rings. The van der Waals surface area contributed by atoms with Crippen molar-refractivity contribution in [1.29, 1.82) is 5.26 Å². The van der Waals surface area contributed by atoms with E-state index in [0.29, 0.717) is 11.4 Å². The van der Waals surface area contributed by atoms with Gasteiger partial charge in [-0.1, -0.05) is 206 Å². The van der Waals surface area contributed by atoms with Gasteiger partial charge in [-0.15, -0.1) is 0 Å². The van der Waals surface area contributed by atoms with Crippen LogP contribution in [0.5, 0.6) is 0 Å². The summed E-state index contributed by atoms with van der Waals surface area (Å²) < 4.78 is 0. The average molecular weight is 802 g/mol. The van der Waals surface area contributed by atoms with Crippen molar-refractivity contribution in [3.8, 4) is 84.5 Å². The van der Waals surface area contributed by atoms with E-state index in [0.717, 1.165) is 72.6 Å². The van der Waals surface area contributed by atoms with Gasteiger partial charge in [-0.3, -0.25) is 0 Å². The molecular formula is C60H39N3. The van der Waals surface area contributed by atoms with E-state index in [2.05, 4.69) is 224 Å². The molecule has 63 heavy (non-hydrogen) atoms. The maximum Gasteiger partial charge on any atom is 0.160 e. The standard InChI is InChI=1S/C60H39N3/c61-40-41-24-34-53-54-35-33-49(38-56(54)60(55(53)36-41,51-20-9-3-10-21-51)52-22-11-4-12-23-52)48-18-13-19-50(37-48)59-62-57(46-29-25-44(26-30-46)42-14-5-1-6-15-42)39-58(63-59)47-31-27-45(28-32-47)43-16-7-2-8-17-43/h1-39H. The first-order valence-corrected chi connectivity index (χ1v) is 21.3. The molecule has 294 valence electrons. The highest BCUT2D eigenvalue weighted by atomic mass is 14.9. The minimum Gasteiger partial charge on any atom is -0.228 e. The van der Waals surface area contributed by atoms with Crippen LogP contribution in [0.3, 0.4) is 0 Å². The summed E-state index contributed by atoms with van der Waals surface area (Å²) >= 11 is 0. The maximum absolute atomic E-state index is 10.1. The summed E-state index contributed by atoms with van der Waals surface area (Å²) in [5.41, 5.74) is 18.4. The first-order valence-electron chi connectivity index (χ1n) is 21.3. The van der Waals surface area contributed by atoms with Crippen LogP contribution in [0.15, 0.2) is 237 Å². The molecule has 0 unspecified atom stereocenters. The molecule has 10 aromatic rings. The Labute approximate surface area is 368 Å². The Kier molecular flexibility index (Phi) is 9.45. The number of benzene rings is 9. The minimum atomic E-state index is -0.633. The third-order valence-electron chi connectivity index (χ3n) is 12.4. The Morgan fingerprint density at radius 2 is 0.714 bits per heavy atom. The van der Waals surface area contributed by atoms with E-state index in [9.17, 15) is 5.26 Å². The molecule has 0 amide bonds. The molecule has 0 fully saturated rings. The van der Waals surface area contributed by atoms with Crippen molar-refractivity contribution >= 4 is 0 Å². The van der Waals surface area contributed by atoms with Crippen LogP contribution >= 0.6 is 0 Å². The molecule has 0 saturated carbocycles. The predicted octanol–water partition coefficient (Wildman–Crippen LogP) is 14.7. The molecule has 0 bridgehead atoms. The lowest BCUT2D eigenvalue weighted by molar-refractivity contribution is 0.768. The molecule has 1 aliphatic carbocycles. The van der Waals surface area contributed by atoms with Crippen LogP contribution in [0.4, 0.5) is 0 Å². The minimum absolute atomic E-state index is 0.633. The number of hydrogen-bond donors (Lipinski definition) is 0. The molecule has 9 aromatic carbocycles. The quantitative estimate of drug-likeness (QED) is 0.154. The summed E-state index contributed by atoms with van der Waals surface area (Å²) in [6.07, 6.45) is 0. The van der Waals surface area contributed by atoms with Crippen LogP contribution in [0, 0.1) is 11.3 Å². The van der Waals surface area contributed by atoms with Crippen molar-refractivity contribution in [3.63, 3.8) is 0 Å². The van der Waals surface area contributed by atoms with E-state index in [4.69, 9.17) is 9.97 Å². The Morgan fingerprint density at radius 1 is 0.317 bits per heavy atom. The van der Waals surface area contributed by atoms with Gasteiger partial charge in [0.25, 0.3) is 0 Å². The molecule has 0 saturated heterocycles. The highest BCUT2D eigenvalue weighted by Crippen LogP contribution is 2.57. The zero-order valence-corrected chi connectivity index (χ0v) is 34.4. The van der Waals surface area contributed by atoms with Gasteiger partial charge < -0.3 is 0 Å². The summed E-state index contributed by atoms with van der Waals surface area (Å²) in [5.74, 6) is 0.657. The first-order chi connectivity index (χ1) is 31.2. The smallest absolute Gasteiger partial charge is 0.160 e. The number of rotatable bonds is 8. The third-order valence-corrected chi connectivity index (χ3v) is 12.4. The van der Waals surface area contributed by atoms with Gasteiger partial charge in [0.15, 0.2) is 5.82 Å². The summed E-state index contributed by atoms with van der Waals surface area (Å²) in [4.78, 5) is 10.5. The molecule has 0 spiro atoms. The zero-order valence-electron chi connectivity index (χ0n) is 34.4. The molecule has 0 atom stereocenters. The van der Waals surface area contributed by atoms with Gasteiger partial charge in [-0.25, -0.2) is 9.97 Å².